The number of aromatic nitrogens is 5. The zero-order valence-electron chi connectivity index (χ0n) is 16.5. The first-order valence-electron chi connectivity index (χ1n) is 9.85. The van der Waals surface area contributed by atoms with Gasteiger partial charge in [-0.15, -0.1) is 10.2 Å². The lowest BCUT2D eigenvalue weighted by molar-refractivity contribution is 0.0390. The Hall–Kier alpha value is -2.65. The summed E-state index contributed by atoms with van der Waals surface area (Å²) in [4.78, 5) is 9.76. The molecule has 0 unspecified atom stereocenters. The summed E-state index contributed by atoms with van der Waals surface area (Å²) in [6.07, 6.45) is 0. The molecule has 0 spiro atoms. The van der Waals surface area contributed by atoms with Crippen molar-refractivity contribution in [2.75, 3.05) is 56.0 Å². The molecule has 2 aliphatic heterocycles. The SMILES string of the molecule is Cc1nnc(C)n1N1CN(CCN2CCOCC2)c2nc3ccccc3n2C1. The number of imidazole rings is 1. The summed E-state index contributed by atoms with van der Waals surface area (Å²) in [7, 11) is 0. The summed E-state index contributed by atoms with van der Waals surface area (Å²) in [5.41, 5.74) is 2.19. The van der Waals surface area contributed by atoms with E-state index in [9.17, 15) is 0 Å². The van der Waals surface area contributed by atoms with Crippen molar-refractivity contribution < 1.29 is 4.74 Å². The van der Waals surface area contributed by atoms with Crippen molar-refractivity contribution in [3.8, 4) is 0 Å². The van der Waals surface area contributed by atoms with E-state index in [-0.39, 0.29) is 0 Å². The van der Waals surface area contributed by atoms with E-state index in [2.05, 4.69) is 52.4 Å². The molecule has 4 heterocycles. The van der Waals surface area contributed by atoms with Crippen molar-refractivity contribution in [3.63, 3.8) is 0 Å². The predicted octanol–water partition coefficient (Wildman–Crippen LogP) is 0.950. The Morgan fingerprint density at radius 2 is 1.71 bits per heavy atom. The molecule has 0 atom stereocenters. The number of hydrogen-bond acceptors (Lipinski definition) is 7. The molecule has 1 aromatic carbocycles. The Bertz CT molecular complexity index is 954. The van der Waals surface area contributed by atoms with Gasteiger partial charge in [0, 0.05) is 26.2 Å². The molecule has 1 fully saturated rings. The van der Waals surface area contributed by atoms with Crippen LogP contribution in [0.2, 0.25) is 0 Å². The van der Waals surface area contributed by atoms with E-state index in [0.717, 1.165) is 81.4 Å². The van der Waals surface area contributed by atoms with Gasteiger partial charge in [-0.2, -0.15) is 0 Å². The molecule has 9 nitrogen and oxygen atoms in total. The molecule has 0 N–H and O–H groups in total. The molecule has 0 amide bonds. The minimum Gasteiger partial charge on any atom is -0.379 e. The van der Waals surface area contributed by atoms with Crippen molar-refractivity contribution in [1.82, 2.24) is 29.3 Å². The summed E-state index contributed by atoms with van der Waals surface area (Å²) >= 11 is 0. The van der Waals surface area contributed by atoms with Gasteiger partial charge in [-0.05, 0) is 26.0 Å². The van der Waals surface area contributed by atoms with Gasteiger partial charge < -0.3 is 9.64 Å². The van der Waals surface area contributed by atoms with Gasteiger partial charge in [0.05, 0.1) is 24.2 Å². The zero-order valence-corrected chi connectivity index (χ0v) is 16.5. The Morgan fingerprint density at radius 1 is 0.964 bits per heavy atom. The fourth-order valence-corrected chi connectivity index (χ4v) is 4.17. The molecular weight excluding hydrogens is 356 g/mol. The number of fused-ring (bicyclic) bond motifs is 3. The molecule has 3 aromatic rings. The highest BCUT2D eigenvalue weighted by Crippen LogP contribution is 2.26. The second kappa shape index (κ2) is 7.06. The molecule has 9 heteroatoms. The maximum atomic E-state index is 5.48. The first kappa shape index (κ1) is 17.4. The standard InChI is InChI=1S/C19H26N8O/c1-15-21-22-16(2)27(15)25-13-24(8-7-23-9-11-28-12-10-23)19-20-17-5-3-4-6-18(17)26(19)14-25/h3-6H,7-14H2,1-2H3. The van der Waals surface area contributed by atoms with Crippen molar-refractivity contribution in [2.45, 2.75) is 20.5 Å². The molecule has 5 rings (SSSR count). The van der Waals surface area contributed by atoms with Gasteiger partial charge in [0.15, 0.2) is 0 Å². The molecule has 0 radical (unpaired) electrons. The number of aryl methyl sites for hydroxylation is 2. The summed E-state index contributed by atoms with van der Waals surface area (Å²) in [5.74, 6) is 2.84. The van der Waals surface area contributed by atoms with E-state index in [1.54, 1.807) is 0 Å². The van der Waals surface area contributed by atoms with Crippen LogP contribution in [0, 0.1) is 13.8 Å². The van der Waals surface area contributed by atoms with Gasteiger partial charge in [0.25, 0.3) is 0 Å². The third-order valence-corrected chi connectivity index (χ3v) is 5.58. The van der Waals surface area contributed by atoms with Crippen molar-refractivity contribution in [1.29, 1.82) is 0 Å². The molecule has 2 aliphatic rings. The molecule has 0 saturated carbocycles. The maximum Gasteiger partial charge on any atom is 0.209 e. The number of rotatable bonds is 4. The Balaban J connectivity index is 1.48. The van der Waals surface area contributed by atoms with Crippen LogP contribution in [-0.4, -0.2) is 75.4 Å². The van der Waals surface area contributed by atoms with Gasteiger partial charge in [-0.3, -0.25) is 14.5 Å². The number of ether oxygens (including phenoxy) is 1. The largest absolute Gasteiger partial charge is 0.379 e. The van der Waals surface area contributed by atoms with Crippen LogP contribution in [0.25, 0.3) is 11.0 Å². The Labute approximate surface area is 164 Å². The highest BCUT2D eigenvalue weighted by molar-refractivity contribution is 5.79. The zero-order chi connectivity index (χ0) is 19.1. The number of para-hydroxylation sites is 2. The monoisotopic (exact) mass is 382 g/mol. The van der Waals surface area contributed by atoms with Crippen LogP contribution in [0.15, 0.2) is 24.3 Å². The minimum atomic E-state index is 0.726. The molecule has 1 saturated heterocycles. The highest BCUT2D eigenvalue weighted by Gasteiger charge is 2.28. The Kier molecular flexibility index (Phi) is 4.40. The minimum absolute atomic E-state index is 0.726. The van der Waals surface area contributed by atoms with E-state index in [1.807, 2.05) is 19.9 Å². The molecule has 148 valence electrons. The number of benzene rings is 1. The van der Waals surface area contributed by atoms with Crippen LogP contribution in [0.5, 0.6) is 0 Å². The average Bonchev–Trinajstić information content (AvgIpc) is 3.26. The van der Waals surface area contributed by atoms with E-state index in [0.29, 0.717) is 0 Å². The summed E-state index contributed by atoms with van der Waals surface area (Å²) in [5, 5.41) is 10.8. The average molecular weight is 382 g/mol. The summed E-state index contributed by atoms with van der Waals surface area (Å²) in [6.45, 7) is 11.0. The molecular formula is C19H26N8O. The van der Waals surface area contributed by atoms with Crippen LogP contribution in [-0.2, 0) is 11.4 Å². The van der Waals surface area contributed by atoms with Gasteiger partial charge in [-0.25, -0.2) is 9.66 Å². The fourth-order valence-electron chi connectivity index (χ4n) is 4.17. The van der Waals surface area contributed by atoms with E-state index >= 15 is 0 Å². The molecule has 0 bridgehead atoms. The second-order valence-electron chi connectivity index (χ2n) is 7.44. The number of hydrogen-bond donors (Lipinski definition) is 0. The van der Waals surface area contributed by atoms with Crippen LogP contribution < -0.4 is 9.91 Å². The van der Waals surface area contributed by atoms with Crippen molar-refractivity contribution in [3.05, 3.63) is 35.9 Å². The Morgan fingerprint density at radius 3 is 2.50 bits per heavy atom. The lowest BCUT2D eigenvalue weighted by Gasteiger charge is -2.40. The van der Waals surface area contributed by atoms with Crippen molar-refractivity contribution >= 4 is 17.0 Å². The fraction of sp³-hybridized carbons (Fsp3) is 0.526. The number of nitrogens with zero attached hydrogens (tertiary/aromatic N) is 8. The lowest BCUT2D eigenvalue weighted by atomic mass is 10.3. The quantitative estimate of drug-likeness (QED) is 0.665. The normalized spacial score (nSPS) is 18.1. The topological polar surface area (TPSA) is 67.5 Å². The second-order valence-corrected chi connectivity index (χ2v) is 7.44. The van der Waals surface area contributed by atoms with Gasteiger partial charge >= 0.3 is 0 Å². The predicted molar refractivity (Wildman–Crippen MR) is 107 cm³/mol. The van der Waals surface area contributed by atoms with Crippen LogP contribution in [0.3, 0.4) is 0 Å². The third-order valence-electron chi connectivity index (χ3n) is 5.58. The van der Waals surface area contributed by atoms with Gasteiger partial charge in [0.2, 0.25) is 5.95 Å². The number of morpholine rings is 1. The van der Waals surface area contributed by atoms with E-state index in [1.165, 1.54) is 0 Å². The van der Waals surface area contributed by atoms with Crippen LogP contribution >= 0.6 is 0 Å². The van der Waals surface area contributed by atoms with Crippen LogP contribution in [0.4, 0.5) is 5.95 Å². The van der Waals surface area contributed by atoms with E-state index in [4.69, 9.17) is 9.72 Å². The van der Waals surface area contributed by atoms with Gasteiger partial charge in [0.1, 0.15) is 25.0 Å². The van der Waals surface area contributed by atoms with Crippen molar-refractivity contribution in [2.24, 2.45) is 0 Å². The summed E-state index contributed by atoms with van der Waals surface area (Å²) in [6, 6.07) is 8.34. The third kappa shape index (κ3) is 3.00. The smallest absolute Gasteiger partial charge is 0.209 e. The molecule has 2 aromatic heterocycles. The molecule has 0 aliphatic carbocycles. The van der Waals surface area contributed by atoms with Crippen LogP contribution in [0.1, 0.15) is 11.6 Å². The maximum absolute atomic E-state index is 5.48. The highest BCUT2D eigenvalue weighted by atomic mass is 16.5. The first-order valence-corrected chi connectivity index (χ1v) is 9.85. The lowest BCUT2D eigenvalue weighted by Crippen LogP contribution is -2.53. The first-order chi connectivity index (χ1) is 13.7. The van der Waals surface area contributed by atoms with E-state index < -0.39 is 0 Å². The number of anilines is 1. The van der Waals surface area contributed by atoms with Gasteiger partial charge in [-0.1, -0.05) is 12.1 Å². The summed E-state index contributed by atoms with van der Waals surface area (Å²) < 4.78 is 9.88. The molecule has 28 heavy (non-hydrogen) atoms.